The van der Waals surface area contributed by atoms with Crippen LogP contribution >= 0.6 is 0 Å². The highest BCUT2D eigenvalue weighted by molar-refractivity contribution is 4.88. The Balaban J connectivity index is 2.53. The molecule has 3 atom stereocenters. The number of ether oxygens (including phenoxy) is 1. The minimum absolute atomic E-state index is 0.258. The minimum Gasteiger partial charge on any atom is -0.377 e. The van der Waals surface area contributed by atoms with E-state index in [0.29, 0.717) is 5.41 Å². The van der Waals surface area contributed by atoms with E-state index in [1.807, 2.05) is 6.92 Å². The largest absolute Gasteiger partial charge is 0.377 e. The van der Waals surface area contributed by atoms with Crippen LogP contribution in [0.25, 0.3) is 0 Å². The van der Waals surface area contributed by atoms with Crippen molar-refractivity contribution < 1.29 is 4.74 Å². The van der Waals surface area contributed by atoms with Gasteiger partial charge in [-0.2, -0.15) is 0 Å². The summed E-state index contributed by atoms with van der Waals surface area (Å²) < 4.78 is 5.70. The second-order valence-electron chi connectivity index (χ2n) is 5.53. The van der Waals surface area contributed by atoms with Crippen LogP contribution in [0.15, 0.2) is 0 Å². The molecule has 0 amide bonds. The van der Waals surface area contributed by atoms with Crippen LogP contribution in [0.2, 0.25) is 0 Å². The van der Waals surface area contributed by atoms with Crippen molar-refractivity contribution in [3.05, 3.63) is 0 Å². The molecule has 0 radical (unpaired) electrons. The zero-order valence-corrected chi connectivity index (χ0v) is 10.0. The summed E-state index contributed by atoms with van der Waals surface area (Å²) in [4.78, 5) is 0. The first-order valence-corrected chi connectivity index (χ1v) is 5.82. The maximum atomic E-state index is 6.05. The Kier molecular flexibility index (Phi) is 3.96. The lowest BCUT2D eigenvalue weighted by Gasteiger charge is -2.40. The molecule has 2 N–H and O–H groups in total. The van der Waals surface area contributed by atoms with Gasteiger partial charge in [0.2, 0.25) is 0 Å². The van der Waals surface area contributed by atoms with Gasteiger partial charge >= 0.3 is 0 Å². The van der Waals surface area contributed by atoms with Crippen LogP contribution in [0.4, 0.5) is 0 Å². The summed E-state index contributed by atoms with van der Waals surface area (Å²) >= 11 is 0. The predicted molar refractivity (Wildman–Crippen MR) is 60.2 cm³/mol. The van der Waals surface area contributed by atoms with E-state index in [-0.39, 0.29) is 12.1 Å². The Morgan fingerprint density at radius 1 is 1.29 bits per heavy atom. The van der Waals surface area contributed by atoms with Crippen molar-refractivity contribution in [1.82, 2.24) is 0 Å². The first kappa shape index (κ1) is 12.0. The Hall–Kier alpha value is -0.0800. The molecule has 0 saturated heterocycles. The predicted octanol–water partition coefficient (Wildman–Crippen LogP) is 2.57. The molecule has 0 aliphatic heterocycles. The third kappa shape index (κ3) is 2.96. The zero-order valence-electron chi connectivity index (χ0n) is 10.0. The van der Waals surface area contributed by atoms with Gasteiger partial charge in [-0.3, -0.25) is 0 Å². The molecule has 2 nitrogen and oxygen atoms in total. The minimum atomic E-state index is 0.258. The van der Waals surface area contributed by atoms with Gasteiger partial charge in [-0.05, 0) is 37.5 Å². The molecule has 1 aliphatic rings. The summed E-state index contributed by atoms with van der Waals surface area (Å²) in [5.74, 6) is 0.763. The standard InChI is InChI=1S/C12H25NO/c1-5-14-11-8-9(12(2,3)4)6-7-10(11)13/h9-11H,5-8,13H2,1-4H3. The molecule has 1 saturated carbocycles. The lowest BCUT2D eigenvalue weighted by molar-refractivity contribution is -0.0133. The Morgan fingerprint density at radius 2 is 1.93 bits per heavy atom. The van der Waals surface area contributed by atoms with Crippen molar-refractivity contribution in [2.24, 2.45) is 17.1 Å². The van der Waals surface area contributed by atoms with Crippen molar-refractivity contribution in [1.29, 1.82) is 0 Å². The third-order valence-electron chi connectivity index (χ3n) is 3.45. The number of rotatable bonds is 2. The molecule has 2 heteroatoms. The van der Waals surface area contributed by atoms with Crippen molar-refractivity contribution in [2.45, 2.75) is 59.1 Å². The van der Waals surface area contributed by atoms with E-state index in [9.17, 15) is 0 Å². The summed E-state index contributed by atoms with van der Waals surface area (Å²) in [7, 11) is 0. The summed E-state index contributed by atoms with van der Waals surface area (Å²) in [6, 6.07) is 0.258. The summed E-state index contributed by atoms with van der Waals surface area (Å²) in [5.41, 5.74) is 6.44. The molecule has 0 spiro atoms. The van der Waals surface area contributed by atoms with Gasteiger partial charge in [0.1, 0.15) is 0 Å². The normalized spacial score (nSPS) is 34.5. The van der Waals surface area contributed by atoms with Gasteiger partial charge in [-0.25, -0.2) is 0 Å². The molecule has 84 valence electrons. The van der Waals surface area contributed by atoms with E-state index < -0.39 is 0 Å². The van der Waals surface area contributed by atoms with Crippen molar-refractivity contribution >= 4 is 0 Å². The second-order valence-corrected chi connectivity index (χ2v) is 5.53. The van der Waals surface area contributed by atoms with Gasteiger partial charge in [0.15, 0.2) is 0 Å². The fraction of sp³-hybridized carbons (Fsp3) is 1.00. The lowest BCUT2D eigenvalue weighted by Crippen LogP contribution is -2.44. The second kappa shape index (κ2) is 4.63. The van der Waals surface area contributed by atoms with Crippen molar-refractivity contribution in [3.63, 3.8) is 0 Å². The zero-order chi connectivity index (χ0) is 10.8. The highest BCUT2D eigenvalue weighted by atomic mass is 16.5. The molecular weight excluding hydrogens is 174 g/mol. The lowest BCUT2D eigenvalue weighted by atomic mass is 9.70. The Bertz CT molecular complexity index is 174. The number of hydrogen-bond acceptors (Lipinski definition) is 2. The van der Waals surface area contributed by atoms with Gasteiger partial charge in [0, 0.05) is 12.6 Å². The Labute approximate surface area is 88.2 Å². The van der Waals surface area contributed by atoms with Crippen LogP contribution in [-0.4, -0.2) is 18.8 Å². The summed E-state index contributed by atoms with van der Waals surface area (Å²) in [6.45, 7) is 9.79. The average Bonchev–Trinajstić information content (AvgIpc) is 2.07. The SMILES string of the molecule is CCOC1CC(C(C)(C)C)CCC1N. The molecule has 0 bridgehead atoms. The summed E-state index contributed by atoms with van der Waals surface area (Å²) in [5, 5.41) is 0. The maximum Gasteiger partial charge on any atom is 0.0728 e. The first-order chi connectivity index (χ1) is 6.45. The highest BCUT2D eigenvalue weighted by Crippen LogP contribution is 2.38. The van der Waals surface area contributed by atoms with Crippen LogP contribution in [0.5, 0.6) is 0 Å². The fourth-order valence-corrected chi connectivity index (χ4v) is 2.34. The van der Waals surface area contributed by atoms with Crippen molar-refractivity contribution in [3.8, 4) is 0 Å². The average molecular weight is 199 g/mol. The molecule has 3 unspecified atom stereocenters. The molecular formula is C12H25NO. The smallest absolute Gasteiger partial charge is 0.0728 e. The van der Waals surface area contributed by atoms with E-state index in [1.54, 1.807) is 0 Å². The molecule has 0 aromatic heterocycles. The van der Waals surface area contributed by atoms with Gasteiger partial charge in [-0.15, -0.1) is 0 Å². The van der Waals surface area contributed by atoms with E-state index in [4.69, 9.17) is 10.5 Å². The highest BCUT2D eigenvalue weighted by Gasteiger charge is 2.34. The van der Waals surface area contributed by atoms with E-state index >= 15 is 0 Å². The summed E-state index contributed by atoms with van der Waals surface area (Å²) in [6.07, 6.45) is 3.80. The van der Waals surface area contributed by atoms with Crippen LogP contribution < -0.4 is 5.73 Å². The van der Waals surface area contributed by atoms with Gasteiger partial charge in [-0.1, -0.05) is 20.8 Å². The molecule has 1 fully saturated rings. The van der Waals surface area contributed by atoms with Crippen LogP contribution in [-0.2, 0) is 4.74 Å². The number of nitrogens with two attached hydrogens (primary N) is 1. The van der Waals surface area contributed by atoms with Crippen LogP contribution in [0.3, 0.4) is 0 Å². The van der Waals surface area contributed by atoms with Gasteiger partial charge in [0.25, 0.3) is 0 Å². The molecule has 1 rings (SSSR count). The van der Waals surface area contributed by atoms with Crippen LogP contribution in [0, 0.1) is 11.3 Å². The van der Waals surface area contributed by atoms with E-state index in [1.165, 1.54) is 6.42 Å². The van der Waals surface area contributed by atoms with Crippen LogP contribution in [0.1, 0.15) is 47.0 Å². The maximum absolute atomic E-state index is 6.05. The quantitative estimate of drug-likeness (QED) is 0.742. The fourth-order valence-electron chi connectivity index (χ4n) is 2.34. The van der Waals surface area contributed by atoms with E-state index in [2.05, 4.69) is 20.8 Å². The first-order valence-electron chi connectivity index (χ1n) is 5.82. The topological polar surface area (TPSA) is 35.2 Å². The van der Waals surface area contributed by atoms with Gasteiger partial charge < -0.3 is 10.5 Å². The van der Waals surface area contributed by atoms with Crippen molar-refractivity contribution in [2.75, 3.05) is 6.61 Å². The van der Waals surface area contributed by atoms with Gasteiger partial charge in [0.05, 0.1) is 6.10 Å². The molecule has 1 aliphatic carbocycles. The Morgan fingerprint density at radius 3 is 2.43 bits per heavy atom. The number of hydrogen-bond donors (Lipinski definition) is 1. The molecule has 0 aromatic carbocycles. The monoisotopic (exact) mass is 199 g/mol. The molecule has 0 heterocycles. The molecule has 0 aromatic rings. The van der Waals surface area contributed by atoms with E-state index in [0.717, 1.165) is 25.4 Å². The molecule has 14 heavy (non-hydrogen) atoms. The third-order valence-corrected chi connectivity index (χ3v) is 3.45.